The van der Waals surface area contributed by atoms with Crippen LogP contribution in [0.25, 0.3) is 6.08 Å². The maximum atomic E-state index is 10.4. The number of hydrogen-bond donors (Lipinski definition) is 2. The van der Waals surface area contributed by atoms with Gasteiger partial charge in [-0.25, -0.2) is 0 Å². The predicted molar refractivity (Wildman–Crippen MR) is 61.2 cm³/mol. The van der Waals surface area contributed by atoms with Gasteiger partial charge < -0.3 is 8.37 Å². The van der Waals surface area contributed by atoms with Gasteiger partial charge in [0, 0.05) is 44.0 Å². The van der Waals surface area contributed by atoms with Gasteiger partial charge in [0.15, 0.2) is 0 Å². The van der Waals surface area contributed by atoms with Gasteiger partial charge in [-0.15, -0.1) is 0 Å². The third-order valence-corrected chi connectivity index (χ3v) is 1.93. The second kappa shape index (κ2) is 5.52. The van der Waals surface area contributed by atoms with Crippen molar-refractivity contribution >= 4 is 37.6 Å². The van der Waals surface area contributed by atoms with Gasteiger partial charge in [-0.2, -0.15) is 0 Å². The Balaban J connectivity index is 2.89. The van der Waals surface area contributed by atoms with Gasteiger partial charge in [0.25, 0.3) is 5.69 Å². The van der Waals surface area contributed by atoms with E-state index in [2.05, 4.69) is 34.2 Å². The fourth-order valence-corrected chi connectivity index (χ4v) is 1.14. The smallest absolute Gasteiger partial charge is 0.304 e. The van der Waals surface area contributed by atoms with Crippen LogP contribution in [0.2, 0.25) is 0 Å². The predicted octanol–water partition coefficient (Wildman–Crippen LogP) is 2.62. The number of rotatable bonds is 4. The SMILES string of the molecule is O=[N+]([O-])c1ccc(C=C(OS)OS)cc1. The minimum absolute atomic E-state index is 0.0206. The summed E-state index contributed by atoms with van der Waals surface area (Å²) in [6.07, 6.45) is 1.49. The summed E-state index contributed by atoms with van der Waals surface area (Å²) in [5.74, 6) is 0.0792. The lowest BCUT2D eigenvalue weighted by atomic mass is 10.2. The average Bonchev–Trinajstić information content (AvgIpc) is 2.26. The van der Waals surface area contributed by atoms with E-state index in [9.17, 15) is 10.1 Å². The Morgan fingerprint density at radius 2 is 1.80 bits per heavy atom. The molecule has 0 atom stereocenters. The maximum absolute atomic E-state index is 10.4. The first-order valence-electron chi connectivity index (χ1n) is 3.76. The van der Waals surface area contributed by atoms with Gasteiger partial charge in [-0.1, -0.05) is 0 Å². The van der Waals surface area contributed by atoms with Gasteiger partial charge >= 0.3 is 5.95 Å². The van der Waals surface area contributed by atoms with Gasteiger partial charge in [-0.3, -0.25) is 10.1 Å². The summed E-state index contributed by atoms with van der Waals surface area (Å²) in [7, 11) is 0. The van der Waals surface area contributed by atoms with Crippen LogP contribution in [0.3, 0.4) is 0 Å². The molecule has 0 bridgehead atoms. The zero-order valence-electron chi connectivity index (χ0n) is 7.36. The molecular weight excluding hydrogens is 238 g/mol. The summed E-state index contributed by atoms with van der Waals surface area (Å²) in [6, 6.07) is 5.86. The maximum Gasteiger partial charge on any atom is 0.304 e. The van der Waals surface area contributed by atoms with Crippen LogP contribution in [0.5, 0.6) is 0 Å². The Labute approximate surface area is 97.1 Å². The van der Waals surface area contributed by atoms with Gasteiger partial charge in [-0.05, 0) is 17.7 Å². The van der Waals surface area contributed by atoms with Crippen molar-refractivity contribution in [1.29, 1.82) is 0 Å². The van der Waals surface area contributed by atoms with Crippen LogP contribution in [-0.2, 0) is 8.37 Å². The van der Waals surface area contributed by atoms with E-state index >= 15 is 0 Å². The van der Waals surface area contributed by atoms with E-state index in [1.54, 1.807) is 12.1 Å². The highest BCUT2D eigenvalue weighted by molar-refractivity contribution is 7.75. The lowest BCUT2D eigenvalue weighted by molar-refractivity contribution is -0.384. The highest BCUT2D eigenvalue weighted by atomic mass is 32.1. The Bertz CT molecular complexity index is 371. The van der Waals surface area contributed by atoms with Crippen molar-refractivity contribution < 1.29 is 13.3 Å². The average molecular weight is 245 g/mol. The van der Waals surface area contributed by atoms with Crippen LogP contribution in [0.4, 0.5) is 5.69 Å². The number of nitro groups is 1. The first kappa shape index (κ1) is 11.7. The highest BCUT2D eigenvalue weighted by Crippen LogP contribution is 2.16. The first-order valence-corrected chi connectivity index (χ1v) is 4.49. The van der Waals surface area contributed by atoms with Crippen molar-refractivity contribution in [3.05, 3.63) is 45.9 Å². The summed E-state index contributed by atoms with van der Waals surface area (Å²) in [5.41, 5.74) is 0.700. The number of nitro benzene ring substituents is 1. The highest BCUT2D eigenvalue weighted by Gasteiger charge is 2.03. The molecule has 0 heterocycles. The minimum atomic E-state index is -0.474. The van der Waals surface area contributed by atoms with E-state index in [4.69, 9.17) is 0 Å². The molecule has 0 radical (unpaired) electrons. The molecule has 0 saturated carbocycles. The zero-order chi connectivity index (χ0) is 11.3. The third kappa shape index (κ3) is 3.37. The lowest BCUT2D eigenvalue weighted by Crippen LogP contribution is -1.87. The normalized spacial score (nSPS) is 9.20. The van der Waals surface area contributed by atoms with E-state index < -0.39 is 4.92 Å². The van der Waals surface area contributed by atoms with E-state index in [-0.39, 0.29) is 11.6 Å². The standard InChI is InChI=1S/C8H7NO4S2/c10-9(11)7-3-1-6(2-4-7)5-8(12-14)13-15/h1-5,14-15H. The van der Waals surface area contributed by atoms with E-state index in [0.717, 1.165) is 0 Å². The molecule has 5 nitrogen and oxygen atoms in total. The second-order valence-corrected chi connectivity index (χ2v) is 2.86. The van der Waals surface area contributed by atoms with Crippen LogP contribution in [0.1, 0.15) is 5.56 Å². The zero-order valence-corrected chi connectivity index (χ0v) is 9.15. The van der Waals surface area contributed by atoms with Gasteiger partial charge in [0.05, 0.1) is 4.92 Å². The molecule has 80 valence electrons. The third-order valence-electron chi connectivity index (χ3n) is 1.57. The summed E-state index contributed by atoms with van der Waals surface area (Å²) in [4.78, 5) is 9.89. The van der Waals surface area contributed by atoms with Crippen LogP contribution in [0.15, 0.2) is 30.2 Å². The molecule has 0 saturated heterocycles. The van der Waals surface area contributed by atoms with Crippen LogP contribution < -0.4 is 0 Å². The molecule has 0 N–H and O–H groups in total. The number of thiol groups is 2. The summed E-state index contributed by atoms with van der Waals surface area (Å²) in [5, 5.41) is 10.4. The van der Waals surface area contributed by atoms with Crippen LogP contribution in [0, 0.1) is 10.1 Å². The Kier molecular flexibility index (Phi) is 4.32. The van der Waals surface area contributed by atoms with Crippen molar-refractivity contribution in [2.24, 2.45) is 0 Å². The van der Waals surface area contributed by atoms with E-state index in [0.29, 0.717) is 5.56 Å². The molecule has 15 heavy (non-hydrogen) atoms. The Morgan fingerprint density at radius 1 is 1.27 bits per heavy atom. The Morgan fingerprint density at radius 3 is 2.20 bits per heavy atom. The van der Waals surface area contributed by atoms with Crippen molar-refractivity contribution in [3.8, 4) is 0 Å². The van der Waals surface area contributed by atoms with Crippen molar-refractivity contribution in [1.82, 2.24) is 0 Å². The minimum Gasteiger partial charge on any atom is -0.394 e. The number of benzene rings is 1. The molecule has 0 aliphatic carbocycles. The Hall–Kier alpha value is -1.34. The molecule has 0 aliphatic heterocycles. The molecule has 0 spiro atoms. The van der Waals surface area contributed by atoms with Crippen LogP contribution >= 0.6 is 25.8 Å². The lowest BCUT2D eigenvalue weighted by Gasteiger charge is -1.99. The molecular formula is C8H7NO4S2. The van der Waals surface area contributed by atoms with Crippen molar-refractivity contribution in [2.45, 2.75) is 0 Å². The molecule has 1 aromatic carbocycles. The molecule has 0 unspecified atom stereocenters. The monoisotopic (exact) mass is 245 g/mol. The fourth-order valence-electron chi connectivity index (χ4n) is 0.898. The van der Waals surface area contributed by atoms with Crippen molar-refractivity contribution in [2.75, 3.05) is 0 Å². The van der Waals surface area contributed by atoms with Gasteiger partial charge in [0.2, 0.25) is 0 Å². The molecule has 0 fully saturated rings. The van der Waals surface area contributed by atoms with E-state index in [1.165, 1.54) is 18.2 Å². The molecule has 0 amide bonds. The number of nitrogens with zero attached hydrogens (tertiary/aromatic N) is 1. The largest absolute Gasteiger partial charge is 0.394 e. The van der Waals surface area contributed by atoms with Crippen molar-refractivity contribution in [3.63, 3.8) is 0 Å². The molecule has 1 aromatic rings. The quantitative estimate of drug-likeness (QED) is 0.281. The van der Waals surface area contributed by atoms with Crippen LogP contribution in [-0.4, -0.2) is 4.92 Å². The molecule has 0 aliphatic rings. The van der Waals surface area contributed by atoms with Gasteiger partial charge in [0.1, 0.15) is 0 Å². The summed E-state index contributed by atoms with van der Waals surface area (Å²) < 4.78 is 9.01. The number of non-ortho nitro benzene ring substituents is 1. The molecule has 0 aromatic heterocycles. The topological polar surface area (TPSA) is 61.6 Å². The molecule has 7 heteroatoms. The molecule has 1 rings (SSSR count). The summed E-state index contributed by atoms with van der Waals surface area (Å²) >= 11 is 7.06. The van der Waals surface area contributed by atoms with E-state index in [1.807, 2.05) is 0 Å². The number of hydrogen-bond acceptors (Lipinski definition) is 6. The second-order valence-electron chi connectivity index (χ2n) is 2.49. The first-order chi connectivity index (χ1) is 7.17. The summed E-state index contributed by atoms with van der Waals surface area (Å²) in [6.45, 7) is 0. The fraction of sp³-hybridized carbons (Fsp3) is 0.